The first-order valence-corrected chi connectivity index (χ1v) is 6.24. The van der Waals surface area contributed by atoms with E-state index in [2.05, 4.69) is 0 Å². The van der Waals surface area contributed by atoms with E-state index >= 15 is 0 Å². The molecule has 88 valence electrons. The van der Waals surface area contributed by atoms with Crippen LogP contribution in [0.2, 0.25) is 0 Å². The highest BCUT2D eigenvalue weighted by Gasteiger charge is 2.33. The summed E-state index contributed by atoms with van der Waals surface area (Å²) >= 11 is 0. The summed E-state index contributed by atoms with van der Waals surface area (Å²) in [7, 11) is 0. The van der Waals surface area contributed by atoms with Gasteiger partial charge in [0.2, 0.25) is 0 Å². The highest BCUT2D eigenvalue weighted by Crippen LogP contribution is 2.30. The fourth-order valence-electron chi connectivity index (χ4n) is 2.87. The molecule has 2 fully saturated rings. The molecule has 0 aliphatic heterocycles. The zero-order valence-electron chi connectivity index (χ0n) is 9.54. The monoisotopic (exact) mass is 222 g/mol. The van der Waals surface area contributed by atoms with Crippen LogP contribution in [0.25, 0.3) is 0 Å². The first kappa shape index (κ1) is 11.5. The number of hydrogen-bond acceptors (Lipinski definition) is 3. The lowest BCUT2D eigenvalue weighted by Gasteiger charge is -2.26. The summed E-state index contributed by atoms with van der Waals surface area (Å²) in [6, 6.07) is 0. The summed E-state index contributed by atoms with van der Waals surface area (Å²) in [5.41, 5.74) is 0. The second kappa shape index (κ2) is 4.89. The molecule has 0 aromatic heterocycles. The molecule has 16 heavy (non-hydrogen) atoms. The second-order valence-corrected chi connectivity index (χ2v) is 5.07. The molecule has 2 atom stereocenters. The van der Waals surface area contributed by atoms with Gasteiger partial charge < -0.3 is 0 Å². The minimum atomic E-state index is -0.0860. The smallest absolute Gasteiger partial charge is 0.139 e. The highest BCUT2D eigenvalue weighted by molar-refractivity contribution is 5.93. The van der Waals surface area contributed by atoms with E-state index in [1.54, 1.807) is 0 Å². The van der Waals surface area contributed by atoms with Gasteiger partial charge in [0.15, 0.2) is 0 Å². The molecule has 3 heteroatoms. The molecule has 2 aliphatic rings. The van der Waals surface area contributed by atoms with Crippen molar-refractivity contribution in [2.75, 3.05) is 0 Å². The van der Waals surface area contributed by atoms with Gasteiger partial charge in [-0.2, -0.15) is 0 Å². The average Bonchev–Trinajstić information content (AvgIpc) is 2.28. The van der Waals surface area contributed by atoms with Gasteiger partial charge in [-0.3, -0.25) is 14.4 Å². The standard InChI is InChI=1S/C13H18O3/c14-11-5-1-3-9(7-11)13(16)10-4-2-6-12(15)8-10/h9-10H,1-8H2. The van der Waals surface area contributed by atoms with E-state index in [4.69, 9.17) is 0 Å². The lowest BCUT2D eigenvalue weighted by atomic mass is 9.76. The molecule has 0 amide bonds. The normalized spacial score (nSPS) is 31.5. The number of carbonyl (C=O) groups is 3. The van der Waals surface area contributed by atoms with Gasteiger partial charge in [-0.25, -0.2) is 0 Å². The Kier molecular flexibility index (Phi) is 3.52. The summed E-state index contributed by atoms with van der Waals surface area (Å²) in [6.07, 6.45) is 5.48. The molecule has 2 rings (SSSR count). The Morgan fingerprint density at radius 1 is 0.875 bits per heavy atom. The van der Waals surface area contributed by atoms with Crippen LogP contribution in [0.1, 0.15) is 51.4 Å². The number of carbonyl (C=O) groups excluding carboxylic acids is 3. The fourth-order valence-corrected chi connectivity index (χ4v) is 2.87. The fraction of sp³-hybridized carbons (Fsp3) is 0.769. The predicted molar refractivity (Wildman–Crippen MR) is 58.9 cm³/mol. The van der Waals surface area contributed by atoms with Gasteiger partial charge >= 0.3 is 0 Å². The van der Waals surface area contributed by atoms with Crippen LogP contribution < -0.4 is 0 Å². The summed E-state index contributed by atoms with van der Waals surface area (Å²) in [6.45, 7) is 0. The zero-order chi connectivity index (χ0) is 11.5. The Labute approximate surface area is 95.6 Å². The molecule has 0 N–H and O–H groups in total. The van der Waals surface area contributed by atoms with Crippen molar-refractivity contribution in [1.29, 1.82) is 0 Å². The topological polar surface area (TPSA) is 51.2 Å². The van der Waals surface area contributed by atoms with E-state index in [-0.39, 0.29) is 29.2 Å². The molecular weight excluding hydrogens is 204 g/mol. The Bertz CT molecular complexity index is 289. The Balaban J connectivity index is 1.95. The largest absolute Gasteiger partial charge is 0.300 e. The van der Waals surface area contributed by atoms with E-state index in [0.717, 1.165) is 25.7 Å². The molecule has 0 heterocycles. The molecule has 2 aliphatic carbocycles. The number of Topliss-reactive ketones (excluding diaryl/α,β-unsaturated/α-hetero) is 3. The van der Waals surface area contributed by atoms with Crippen LogP contribution in [-0.2, 0) is 14.4 Å². The Morgan fingerprint density at radius 2 is 1.31 bits per heavy atom. The Hall–Kier alpha value is -0.990. The third-order valence-electron chi connectivity index (χ3n) is 3.77. The minimum absolute atomic E-state index is 0.0860. The van der Waals surface area contributed by atoms with Crippen LogP contribution in [0.3, 0.4) is 0 Å². The van der Waals surface area contributed by atoms with Crippen molar-refractivity contribution in [2.24, 2.45) is 11.8 Å². The highest BCUT2D eigenvalue weighted by atomic mass is 16.1. The molecular formula is C13H18O3. The molecule has 0 spiro atoms. The van der Waals surface area contributed by atoms with Crippen LogP contribution in [0.5, 0.6) is 0 Å². The quantitative estimate of drug-likeness (QED) is 0.718. The molecule has 2 unspecified atom stereocenters. The lowest BCUT2D eigenvalue weighted by molar-refractivity contribution is -0.135. The van der Waals surface area contributed by atoms with Crippen molar-refractivity contribution in [3.63, 3.8) is 0 Å². The summed E-state index contributed by atoms with van der Waals surface area (Å²) < 4.78 is 0. The maximum atomic E-state index is 12.1. The molecule has 3 nitrogen and oxygen atoms in total. The van der Waals surface area contributed by atoms with E-state index in [0.29, 0.717) is 25.7 Å². The summed E-state index contributed by atoms with van der Waals surface area (Å²) in [5.74, 6) is 0.439. The van der Waals surface area contributed by atoms with Crippen LogP contribution in [0.4, 0.5) is 0 Å². The van der Waals surface area contributed by atoms with Crippen molar-refractivity contribution >= 4 is 17.3 Å². The van der Waals surface area contributed by atoms with Crippen LogP contribution in [0.15, 0.2) is 0 Å². The van der Waals surface area contributed by atoms with Gasteiger partial charge in [0, 0.05) is 37.5 Å². The van der Waals surface area contributed by atoms with Gasteiger partial charge in [-0.05, 0) is 25.7 Å². The third kappa shape index (κ3) is 2.57. The molecule has 0 bridgehead atoms. The Morgan fingerprint density at radius 3 is 1.69 bits per heavy atom. The van der Waals surface area contributed by atoms with Crippen molar-refractivity contribution in [2.45, 2.75) is 51.4 Å². The van der Waals surface area contributed by atoms with Crippen molar-refractivity contribution in [3.8, 4) is 0 Å². The van der Waals surface area contributed by atoms with Crippen molar-refractivity contribution < 1.29 is 14.4 Å². The summed E-state index contributed by atoms with van der Waals surface area (Å²) in [4.78, 5) is 34.8. The van der Waals surface area contributed by atoms with E-state index in [1.807, 2.05) is 0 Å². The molecule has 0 aromatic rings. The SMILES string of the molecule is O=C1CCCC(C(=O)C2CCCC(=O)C2)C1. The van der Waals surface area contributed by atoms with Gasteiger partial charge in [0.25, 0.3) is 0 Å². The number of hydrogen-bond donors (Lipinski definition) is 0. The number of rotatable bonds is 2. The first-order valence-electron chi connectivity index (χ1n) is 6.24. The third-order valence-corrected chi connectivity index (χ3v) is 3.77. The number of ketones is 3. The van der Waals surface area contributed by atoms with Crippen molar-refractivity contribution in [3.05, 3.63) is 0 Å². The second-order valence-electron chi connectivity index (χ2n) is 5.07. The predicted octanol–water partition coefficient (Wildman–Crippen LogP) is 2.07. The summed E-state index contributed by atoms with van der Waals surface area (Å²) in [5, 5.41) is 0. The maximum absolute atomic E-state index is 12.1. The van der Waals surface area contributed by atoms with Crippen LogP contribution in [0, 0.1) is 11.8 Å². The molecule has 0 saturated heterocycles. The van der Waals surface area contributed by atoms with E-state index in [1.165, 1.54) is 0 Å². The first-order chi connectivity index (χ1) is 7.66. The van der Waals surface area contributed by atoms with Crippen LogP contribution >= 0.6 is 0 Å². The average molecular weight is 222 g/mol. The van der Waals surface area contributed by atoms with E-state index < -0.39 is 0 Å². The molecule has 0 aromatic carbocycles. The van der Waals surface area contributed by atoms with Gasteiger partial charge in [0.05, 0.1) is 0 Å². The minimum Gasteiger partial charge on any atom is -0.300 e. The van der Waals surface area contributed by atoms with Gasteiger partial charge in [0.1, 0.15) is 17.3 Å². The van der Waals surface area contributed by atoms with Gasteiger partial charge in [-0.1, -0.05) is 0 Å². The van der Waals surface area contributed by atoms with E-state index in [9.17, 15) is 14.4 Å². The maximum Gasteiger partial charge on any atom is 0.139 e. The lowest BCUT2D eigenvalue weighted by Crippen LogP contribution is -2.31. The van der Waals surface area contributed by atoms with Gasteiger partial charge in [-0.15, -0.1) is 0 Å². The van der Waals surface area contributed by atoms with Crippen molar-refractivity contribution in [1.82, 2.24) is 0 Å². The molecule has 2 saturated carbocycles. The van der Waals surface area contributed by atoms with Crippen LogP contribution in [-0.4, -0.2) is 17.3 Å². The molecule has 0 radical (unpaired) electrons. The zero-order valence-corrected chi connectivity index (χ0v) is 9.54.